The maximum absolute atomic E-state index is 13.1. The highest BCUT2D eigenvalue weighted by Gasteiger charge is 2.18. The summed E-state index contributed by atoms with van der Waals surface area (Å²) >= 11 is 7.30. The van der Waals surface area contributed by atoms with Gasteiger partial charge >= 0.3 is 0 Å². The van der Waals surface area contributed by atoms with Crippen LogP contribution in [0.1, 0.15) is 12.7 Å². The number of fused-ring (bicyclic) bond motifs is 1. The van der Waals surface area contributed by atoms with E-state index in [0.717, 1.165) is 22.0 Å². The van der Waals surface area contributed by atoms with Crippen molar-refractivity contribution in [2.75, 3.05) is 5.32 Å². The van der Waals surface area contributed by atoms with Crippen LogP contribution in [0.15, 0.2) is 47.5 Å². The molecule has 1 aromatic heterocycles. The first-order valence-electron chi connectivity index (χ1n) is 7.60. The number of halogens is 2. The molecule has 2 aromatic carbocycles. The van der Waals surface area contributed by atoms with E-state index in [1.807, 2.05) is 31.2 Å². The number of anilines is 1. The zero-order chi connectivity index (χ0) is 18.0. The van der Waals surface area contributed by atoms with E-state index < -0.39 is 11.1 Å². The average molecular weight is 376 g/mol. The van der Waals surface area contributed by atoms with Crippen molar-refractivity contribution in [2.45, 2.75) is 24.1 Å². The zero-order valence-corrected chi connectivity index (χ0v) is 15.2. The van der Waals surface area contributed by atoms with Gasteiger partial charge in [-0.2, -0.15) is 0 Å². The van der Waals surface area contributed by atoms with Crippen molar-refractivity contribution in [1.29, 1.82) is 0 Å². The lowest BCUT2D eigenvalue weighted by Crippen LogP contribution is -2.22. The number of hydrogen-bond acceptors (Lipinski definition) is 4. The first kappa shape index (κ1) is 17.6. The first-order chi connectivity index (χ1) is 11.9. The smallest absolute Gasteiger partial charge is 0.237 e. The topological polar surface area (TPSA) is 54.9 Å². The van der Waals surface area contributed by atoms with Crippen LogP contribution in [-0.4, -0.2) is 21.1 Å². The minimum absolute atomic E-state index is 0.161. The number of carbonyl (C=O) groups excluding carboxylic acids is 1. The zero-order valence-electron chi connectivity index (χ0n) is 13.6. The number of hydrogen-bond donors (Lipinski definition) is 1. The summed E-state index contributed by atoms with van der Waals surface area (Å²) in [7, 11) is 0. The van der Waals surface area contributed by atoms with Crippen molar-refractivity contribution in [3.05, 3.63) is 59.1 Å². The van der Waals surface area contributed by atoms with E-state index in [4.69, 9.17) is 11.6 Å². The van der Waals surface area contributed by atoms with Crippen molar-refractivity contribution >= 4 is 45.9 Å². The van der Waals surface area contributed by atoms with Gasteiger partial charge in [0, 0.05) is 5.39 Å². The van der Waals surface area contributed by atoms with Crippen LogP contribution in [0.4, 0.5) is 10.1 Å². The summed E-state index contributed by atoms with van der Waals surface area (Å²) in [6.07, 6.45) is 0. The number of aromatic nitrogens is 2. The van der Waals surface area contributed by atoms with Gasteiger partial charge in [0.05, 0.1) is 21.5 Å². The molecule has 0 fully saturated rings. The van der Waals surface area contributed by atoms with Crippen LogP contribution in [0.5, 0.6) is 0 Å². The van der Waals surface area contributed by atoms with Gasteiger partial charge < -0.3 is 5.32 Å². The molecule has 25 heavy (non-hydrogen) atoms. The Morgan fingerprint density at radius 2 is 2.00 bits per heavy atom. The Morgan fingerprint density at radius 1 is 1.24 bits per heavy atom. The molecule has 3 rings (SSSR count). The number of rotatable bonds is 4. The molecule has 1 heterocycles. The predicted octanol–water partition coefficient (Wildman–Crippen LogP) is 4.85. The lowest BCUT2D eigenvalue weighted by molar-refractivity contribution is -0.115. The highest BCUT2D eigenvalue weighted by atomic mass is 35.5. The number of thioether (sulfide) groups is 1. The molecule has 7 heteroatoms. The minimum Gasteiger partial charge on any atom is -0.324 e. The molecule has 0 unspecified atom stereocenters. The fourth-order valence-electron chi connectivity index (χ4n) is 2.29. The lowest BCUT2D eigenvalue weighted by atomic mass is 10.2. The van der Waals surface area contributed by atoms with Crippen LogP contribution in [0.3, 0.4) is 0 Å². The number of aryl methyl sites for hydroxylation is 1. The molecule has 1 atom stereocenters. The molecule has 0 aliphatic heterocycles. The highest BCUT2D eigenvalue weighted by Crippen LogP contribution is 2.30. The summed E-state index contributed by atoms with van der Waals surface area (Å²) in [5.74, 6) is -0.0393. The molecular formula is C18H15ClFN3OS. The maximum Gasteiger partial charge on any atom is 0.237 e. The SMILES string of the molecule is Cc1nc(S[C@H](C)C(=O)Nc2ccc(F)cc2Cl)c2ccccc2n1. The number of para-hydroxylation sites is 1. The summed E-state index contributed by atoms with van der Waals surface area (Å²) in [5, 5.41) is 4.11. The Bertz CT molecular complexity index is 951. The van der Waals surface area contributed by atoms with Crippen molar-refractivity contribution < 1.29 is 9.18 Å². The van der Waals surface area contributed by atoms with Crippen LogP contribution < -0.4 is 5.32 Å². The van der Waals surface area contributed by atoms with Crippen molar-refractivity contribution in [1.82, 2.24) is 9.97 Å². The van der Waals surface area contributed by atoms with Gasteiger partial charge in [0.25, 0.3) is 0 Å². The van der Waals surface area contributed by atoms with Crippen molar-refractivity contribution in [3.63, 3.8) is 0 Å². The molecule has 0 saturated carbocycles. The van der Waals surface area contributed by atoms with Crippen molar-refractivity contribution in [3.8, 4) is 0 Å². The van der Waals surface area contributed by atoms with E-state index in [2.05, 4.69) is 15.3 Å². The van der Waals surface area contributed by atoms with Crippen molar-refractivity contribution in [2.24, 2.45) is 0 Å². The molecule has 128 valence electrons. The summed E-state index contributed by atoms with van der Waals surface area (Å²) in [5.41, 5.74) is 1.22. The molecule has 0 radical (unpaired) electrons. The standard InChI is InChI=1S/C18H15ClFN3OS/c1-10(17(24)23-16-8-7-12(20)9-14(16)19)25-18-13-5-3-4-6-15(13)21-11(2)22-18/h3-10H,1-2H3,(H,23,24)/t10-/m1/s1. The monoisotopic (exact) mass is 375 g/mol. The molecular weight excluding hydrogens is 361 g/mol. The van der Waals surface area contributed by atoms with E-state index in [1.54, 1.807) is 6.92 Å². The van der Waals surface area contributed by atoms with Crippen LogP contribution in [0.2, 0.25) is 5.02 Å². The molecule has 3 aromatic rings. The summed E-state index contributed by atoms with van der Waals surface area (Å²) in [6.45, 7) is 3.60. The third-order valence-corrected chi connectivity index (χ3v) is 4.94. The summed E-state index contributed by atoms with van der Waals surface area (Å²) in [6, 6.07) is 11.5. The van der Waals surface area contributed by atoms with Gasteiger partial charge in [-0.25, -0.2) is 14.4 Å². The second-order valence-corrected chi connectivity index (χ2v) is 7.20. The molecule has 0 spiro atoms. The Hall–Kier alpha value is -2.18. The third-order valence-electron chi connectivity index (χ3n) is 3.53. The van der Waals surface area contributed by atoms with Gasteiger partial charge in [0.2, 0.25) is 5.91 Å². The number of nitrogens with one attached hydrogen (secondary N) is 1. The second-order valence-electron chi connectivity index (χ2n) is 5.47. The highest BCUT2D eigenvalue weighted by molar-refractivity contribution is 8.00. The number of carbonyl (C=O) groups is 1. The fourth-order valence-corrected chi connectivity index (χ4v) is 3.49. The van der Waals surface area contributed by atoms with Gasteiger partial charge in [-0.15, -0.1) is 0 Å². The van der Waals surface area contributed by atoms with Crippen LogP contribution in [0.25, 0.3) is 10.9 Å². The summed E-state index contributed by atoms with van der Waals surface area (Å²) in [4.78, 5) is 21.3. The van der Waals surface area contributed by atoms with Gasteiger partial charge in [0.15, 0.2) is 0 Å². The van der Waals surface area contributed by atoms with Crippen LogP contribution in [0, 0.1) is 12.7 Å². The van der Waals surface area contributed by atoms with E-state index in [-0.39, 0.29) is 10.9 Å². The Labute approximate surface area is 153 Å². The molecule has 1 amide bonds. The Kier molecular flexibility index (Phi) is 5.20. The number of nitrogens with zero attached hydrogens (tertiary/aromatic N) is 2. The quantitative estimate of drug-likeness (QED) is 0.523. The number of benzene rings is 2. The minimum atomic E-state index is -0.451. The van der Waals surface area contributed by atoms with Gasteiger partial charge in [-0.1, -0.05) is 41.6 Å². The fraction of sp³-hybridized carbons (Fsp3) is 0.167. The van der Waals surface area contributed by atoms with Crippen LogP contribution in [-0.2, 0) is 4.79 Å². The third kappa shape index (κ3) is 4.08. The molecule has 4 nitrogen and oxygen atoms in total. The largest absolute Gasteiger partial charge is 0.324 e. The molecule has 0 aliphatic rings. The average Bonchev–Trinajstić information content (AvgIpc) is 2.57. The normalized spacial score (nSPS) is 12.2. The molecule has 1 N–H and O–H groups in total. The van der Waals surface area contributed by atoms with E-state index in [0.29, 0.717) is 11.5 Å². The van der Waals surface area contributed by atoms with Gasteiger partial charge in [-0.05, 0) is 38.1 Å². The van der Waals surface area contributed by atoms with Gasteiger partial charge in [0.1, 0.15) is 16.7 Å². The van der Waals surface area contributed by atoms with E-state index in [1.165, 1.54) is 23.9 Å². The van der Waals surface area contributed by atoms with Crippen LogP contribution >= 0.6 is 23.4 Å². The first-order valence-corrected chi connectivity index (χ1v) is 8.86. The summed E-state index contributed by atoms with van der Waals surface area (Å²) < 4.78 is 13.1. The molecule has 0 aliphatic carbocycles. The second kappa shape index (κ2) is 7.37. The maximum atomic E-state index is 13.1. The Morgan fingerprint density at radius 3 is 2.76 bits per heavy atom. The van der Waals surface area contributed by atoms with Gasteiger partial charge in [-0.3, -0.25) is 4.79 Å². The number of amides is 1. The predicted molar refractivity (Wildman–Crippen MR) is 99.6 cm³/mol. The lowest BCUT2D eigenvalue weighted by Gasteiger charge is -2.14. The van der Waals surface area contributed by atoms with E-state index >= 15 is 0 Å². The van der Waals surface area contributed by atoms with E-state index in [9.17, 15) is 9.18 Å². The Balaban J connectivity index is 1.80. The molecule has 0 saturated heterocycles. The molecule has 0 bridgehead atoms.